The van der Waals surface area contributed by atoms with E-state index in [4.69, 9.17) is 14.2 Å². The molecule has 5 rings (SSSR count). The molecule has 32 heavy (non-hydrogen) atoms. The Hall–Kier alpha value is -4.00. The zero-order valence-electron chi connectivity index (χ0n) is 17.9. The van der Waals surface area contributed by atoms with Crippen LogP contribution in [0.15, 0.2) is 67.0 Å². The first kappa shape index (κ1) is 19.9. The van der Waals surface area contributed by atoms with Gasteiger partial charge in [-0.2, -0.15) is 0 Å². The van der Waals surface area contributed by atoms with Crippen molar-refractivity contribution in [3.05, 3.63) is 89.4 Å². The quantitative estimate of drug-likeness (QED) is 0.459. The van der Waals surface area contributed by atoms with Crippen LogP contribution in [0.3, 0.4) is 0 Å². The van der Waals surface area contributed by atoms with Crippen LogP contribution in [-0.2, 0) is 13.2 Å². The molecule has 0 bridgehead atoms. The zero-order chi connectivity index (χ0) is 22.1. The molecule has 0 radical (unpaired) electrons. The maximum absolute atomic E-state index is 12.8. The summed E-state index contributed by atoms with van der Waals surface area (Å²) in [7, 11) is 1.78. The number of ether oxygens (including phenoxy) is 3. The molecule has 1 amide bonds. The lowest BCUT2D eigenvalue weighted by molar-refractivity contribution is 0.0785. The fraction of sp³-hybridized carbons (Fsp3) is 0.200. The number of pyridine rings is 1. The van der Waals surface area contributed by atoms with Crippen LogP contribution in [0.5, 0.6) is 17.2 Å². The Labute approximate surface area is 185 Å². The van der Waals surface area contributed by atoms with Crippen LogP contribution in [0, 0.1) is 6.92 Å². The van der Waals surface area contributed by atoms with Crippen molar-refractivity contribution in [2.24, 2.45) is 0 Å². The average molecular weight is 429 g/mol. The van der Waals surface area contributed by atoms with Crippen LogP contribution in [0.4, 0.5) is 0 Å². The lowest BCUT2D eigenvalue weighted by atomic mass is 10.1. The fourth-order valence-corrected chi connectivity index (χ4v) is 3.73. The molecule has 0 atom stereocenters. The molecule has 0 unspecified atom stereocenters. The summed E-state index contributed by atoms with van der Waals surface area (Å²) < 4.78 is 18.6. The van der Waals surface area contributed by atoms with Gasteiger partial charge in [-0.1, -0.05) is 12.1 Å². The second kappa shape index (κ2) is 8.26. The summed E-state index contributed by atoms with van der Waals surface area (Å²) in [6, 6.07) is 16.9. The molecular weight excluding hydrogens is 406 g/mol. The highest BCUT2D eigenvalue weighted by Gasteiger charge is 2.16. The molecule has 3 heterocycles. The number of aromatic nitrogens is 2. The SMILES string of the molecule is Cc1cccn2cc(COc3ccc(C(=O)N(C)Cc4ccc5c(c4)OCO5)cc3)nc12. The molecule has 1 aliphatic heterocycles. The van der Waals surface area contributed by atoms with Crippen LogP contribution >= 0.6 is 0 Å². The van der Waals surface area contributed by atoms with Gasteiger partial charge in [-0.05, 0) is 60.5 Å². The molecule has 0 saturated carbocycles. The molecule has 0 fully saturated rings. The molecule has 162 valence electrons. The van der Waals surface area contributed by atoms with Crippen molar-refractivity contribution >= 4 is 11.6 Å². The smallest absolute Gasteiger partial charge is 0.253 e. The number of benzene rings is 2. The third kappa shape index (κ3) is 3.97. The molecule has 0 spiro atoms. The van der Waals surface area contributed by atoms with E-state index >= 15 is 0 Å². The van der Waals surface area contributed by atoms with E-state index in [0.29, 0.717) is 30.2 Å². The number of hydrogen-bond donors (Lipinski definition) is 0. The number of imidazole rings is 1. The molecule has 7 nitrogen and oxygen atoms in total. The third-order valence-corrected chi connectivity index (χ3v) is 5.42. The number of rotatable bonds is 6. The van der Waals surface area contributed by atoms with Crippen LogP contribution in [0.25, 0.3) is 5.65 Å². The maximum atomic E-state index is 12.8. The van der Waals surface area contributed by atoms with E-state index in [1.807, 2.05) is 66.2 Å². The molecule has 0 saturated heterocycles. The van der Waals surface area contributed by atoms with E-state index < -0.39 is 0 Å². The van der Waals surface area contributed by atoms with Gasteiger partial charge in [0.15, 0.2) is 11.5 Å². The zero-order valence-corrected chi connectivity index (χ0v) is 17.9. The standard InChI is InChI=1S/C25H23N3O4/c1-17-4-3-11-28-14-20(26-24(17)28)15-30-21-8-6-19(7-9-21)25(29)27(2)13-18-5-10-22-23(12-18)32-16-31-22/h3-12,14H,13,15-16H2,1-2H3. The largest absolute Gasteiger partial charge is 0.487 e. The average Bonchev–Trinajstić information content (AvgIpc) is 3.44. The second-order valence-corrected chi connectivity index (χ2v) is 7.82. The molecule has 2 aromatic carbocycles. The Morgan fingerprint density at radius 1 is 1.12 bits per heavy atom. The number of carbonyl (C=O) groups excluding carboxylic acids is 1. The van der Waals surface area contributed by atoms with E-state index in [2.05, 4.69) is 4.98 Å². The molecule has 4 aromatic rings. The van der Waals surface area contributed by atoms with Crippen molar-refractivity contribution in [2.45, 2.75) is 20.1 Å². The molecule has 1 aliphatic rings. The van der Waals surface area contributed by atoms with Gasteiger partial charge in [-0.3, -0.25) is 4.79 Å². The van der Waals surface area contributed by atoms with Crippen LogP contribution in [0.1, 0.15) is 27.2 Å². The topological polar surface area (TPSA) is 65.3 Å². The molecule has 0 aliphatic carbocycles. The number of fused-ring (bicyclic) bond motifs is 2. The van der Waals surface area contributed by atoms with Crippen molar-refractivity contribution in [3.63, 3.8) is 0 Å². The predicted octanol–water partition coefficient (Wildman–Crippen LogP) is 4.22. The van der Waals surface area contributed by atoms with Gasteiger partial charge in [0.05, 0.1) is 5.69 Å². The highest BCUT2D eigenvalue weighted by molar-refractivity contribution is 5.94. The molecule has 0 N–H and O–H groups in total. The lowest BCUT2D eigenvalue weighted by Crippen LogP contribution is -2.26. The first-order valence-electron chi connectivity index (χ1n) is 10.4. The van der Waals surface area contributed by atoms with Crippen molar-refractivity contribution in [2.75, 3.05) is 13.8 Å². The van der Waals surface area contributed by atoms with Gasteiger partial charge in [0, 0.05) is 31.5 Å². The maximum Gasteiger partial charge on any atom is 0.253 e. The molecular formula is C25H23N3O4. The van der Waals surface area contributed by atoms with Crippen LogP contribution in [-0.4, -0.2) is 34.0 Å². The predicted molar refractivity (Wildman–Crippen MR) is 119 cm³/mol. The second-order valence-electron chi connectivity index (χ2n) is 7.82. The van der Waals surface area contributed by atoms with Gasteiger partial charge in [0.1, 0.15) is 18.0 Å². The summed E-state index contributed by atoms with van der Waals surface area (Å²) in [4.78, 5) is 19.1. The number of hydrogen-bond acceptors (Lipinski definition) is 5. The summed E-state index contributed by atoms with van der Waals surface area (Å²) in [6.45, 7) is 3.10. The van der Waals surface area contributed by atoms with Gasteiger partial charge < -0.3 is 23.5 Å². The Kier molecular flexibility index (Phi) is 5.15. The minimum Gasteiger partial charge on any atom is -0.487 e. The van der Waals surface area contributed by atoms with Crippen LogP contribution in [0.2, 0.25) is 0 Å². The number of aryl methyl sites for hydroxylation is 1. The van der Waals surface area contributed by atoms with Gasteiger partial charge in [-0.25, -0.2) is 4.98 Å². The van der Waals surface area contributed by atoms with E-state index in [0.717, 1.165) is 28.2 Å². The van der Waals surface area contributed by atoms with Gasteiger partial charge in [0.25, 0.3) is 5.91 Å². The summed E-state index contributed by atoms with van der Waals surface area (Å²) in [6.07, 6.45) is 3.94. The van der Waals surface area contributed by atoms with Crippen molar-refractivity contribution in [1.82, 2.24) is 14.3 Å². The Balaban J connectivity index is 1.20. The minimum atomic E-state index is -0.0648. The first-order chi connectivity index (χ1) is 15.6. The number of nitrogens with zero attached hydrogens (tertiary/aromatic N) is 3. The molecule has 7 heteroatoms. The fourth-order valence-electron chi connectivity index (χ4n) is 3.73. The van der Waals surface area contributed by atoms with Gasteiger partial charge in [-0.15, -0.1) is 0 Å². The van der Waals surface area contributed by atoms with Gasteiger partial charge in [0.2, 0.25) is 6.79 Å². The van der Waals surface area contributed by atoms with E-state index in [9.17, 15) is 4.79 Å². The Bertz CT molecular complexity index is 1280. The lowest BCUT2D eigenvalue weighted by Gasteiger charge is -2.18. The highest BCUT2D eigenvalue weighted by Crippen LogP contribution is 2.32. The van der Waals surface area contributed by atoms with E-state index in [1.54, 1.807) is 24.1 Å². The Morgan fingerprint density at radius 2 is 1.94 bits per heavy atom. The van der Waals surface area contributed by atoms with Gasteiger partial charge >= 0.3 is 0 Å². The number of carbonyl (C=O) groups is 1. The van der Waals surface area contributed by atoms with E-state index in [1.165, 1.54) is 0 Å². The number of amides is 1. The minimum absolute atomic E-state index is 0.0648. The molecule has 2 aromatic heterocycles. The monoisotopic (exact) mass is 429 g/mol. The Morgan fingerprint density at radius 3 is 2.75 bits per heavy atom. The first-order valence-corrected chi connectivity index (χ1v) is 10.4. The van der Waals surface area contributed by atoms with Crippen molar-refractivity contribution < 1.29 is 19.0 Å². The normalized spacial score (nSPS) is 12.2. The summed E-state index contributed by atoms with van der Waals surface area (Å²) in [5.74, 6) is 2.07. The summed E-state index contributed by atoms with van der Waals surface area (Å²) >= 11 is 0. The highest BCUT2D eigenvalue weighted by atomic mass is 16.7. The summed E-state index contributed by atoms with van der Waals surface area (Å²) in [5.41, 5.74) is 4.48. The van der Waals surface area contributed by atoms with E-state index in [-0.39, 0.29) is 12.7 Å². The van der Waals surface area contributed by atoms with Crippen LogP contribution < -0.4 is 14.2 Å². The van der Waals surface area contributed by atoms with Crippen molar-refractivity contribution in [1.29, 1.82) is 0 Å². The third-order valence-electron chi connectivity index (χ3n) is 5.42. The summed E-state index contributed by atoms with van der Waals surface area (Å²) in [5, 5.41) is 0. The van der Waals surface area contributed by atoms with Crippen molar-refractivity contribution in [3.8, 4) is 17.2 Å².